The average molecular weight is 667 g/mol. The Hall–Kier alpha value is -2.48. The van der Waals surface area contributed by atoms with Gasteiger partial charge in [0.25, 0.3) is 0 Å². The van der Waals surface area contributed by atoms with E-state index in [4.69, 9.17) is 0 Å². The predicted octanol–water partition coefficient (Wildman–Crippen LogP) is 15.8. The Morgan fingerprint density at radius 3 is 1.22 bits per heavy atom. The van der Waals surface area contributed by atoms with Crippen molar-refractivity contribution >= 4 is 11.4 Å². The Balaban J connectivity index is 1.11. The van der Waals surface area contributed by atoms with Crippen LogP contribution in [0, 0.1) is 0 Å². The van der Waals surface area contributed by atoms with Crippen molar-refractivity contribution in [1.29, 1.82) is 0 Å². The summed E-state index contributed by atoms with van der Waals surface area (Å²) in [6.45, 7) is 4.55. The SMILES string of the molecule is CCCCCCCCCCCCCCCCCCCCCCCCCCc1ccc(C2=CC=C(c3cccc(CCCCC)c3)[N+]2=[N-])cc1. The summed E-state index contributed by atoms with van der Waals surface area (Å²) in [4.78, 5) is 0. The second-order valence-electron chi connectivity index (χ2n) is 15.2. The molecule has 0 atom stereocenters. The highest BCUT2D eigenvalue weighted by molar-refractivity contribution is 5.75. The van der Waals surface area contributed by atoms with Crippen molar-refractivity contribution in [3.8, 4) is 0 Å². The van der Waals surface area contributed by atoms with Gasteiger partial charge in [-0.2, -0.15) is 0 Å². The molecule has 1 aliphatic rings. The lowest BCUT2D eigenvalue weighted by Gasteiger charge is -2.10. The van der Waals surface area contributed by atoms with Crippen molar-refractivity contribution in [3.63, 3.8) is 0 Å². The molecular weight excluding hydrogens is 593 g/mol. The molecule has 0 saturated carbocycles. The van der Waals surface area contributed by atoms with Crippen LogP contribution in [0.25, 0.3) is 16.9 Å². The van der Waals surface area contributed by atoms with E-state index < -0.39 is 0 Å². The van der Waals surface area contributed by atoms with Crippen molar-refractivity contribution in [3.05, 3.63) is 88.5 Å². The van der Waals surface area contributed by atoms with Crippen LogP contribution in [0.5, 0.6) is 0 Å². The second kappa shape index (κ2) is 27.3. The van der Waals surface area contributed by atoms with Gasteiger partial charge in [-0.1, -0.05) is 199 Å². The first kappa shape index (κ1) is 40.9. The molecule has 0 radical (unpaired) electrons. The van der Waals surface area contributed by atoms with Gasteiger partial charge in [-0.25, -0.2) is 4.70 Å². The van der Waals surface area contributed by atoms with Crippen LogP contribution < -0.4 is 0 Å². The van der Waals surface area contributed by atoms with Crippen LogP contribution in [0.15, 0.2) is 60.7 Å². The standard InChI is InChI=1S/C47H74N2/c1-3-5-7-8-9-10-11-12-13-14-15-16-17-18-19-20-21-22-23-24-25-26-27-29-31-42-35-37-44(38-36-42)46-39-40-47(49(46)48)45-34-30-33-43(41-45)32-28-6-4-2/h30,33-41H,3-29,31-32H2,1-2H3. The van der Waals surface area contributed by atoms with Gasteiger partial charge >= 0.3 is 0 Å². The van der Waals surface area contributed by atoms with E-state index >= 15 is 0 Å². The third-order valence-electron chi connectivity index (χ3n) is 10.7. The zero-order chi connectivity index (χ0) is 34.6. The first-order valence-electron chi connectivity index (χ1n) is 21.3. The second-order valence-corrected chi connectivity index (χ2v) is 15.2. The molecule has 0 N–H and O–H groups in total. The number of allylic oxidation sites excluding steroid dienone is 2. The van der Waals surface area contributed by atoms with Crippen LogP contribution in [0.1, 0.15) is 209 Å². The Kier molecular flexibility index (Phi) is 22.8. The lowest BCUT2D eigenvalue weighted by molar-refractivity contribution is -0.344. The summed E-state index contributed by atoms with van der Waals surface area (Å²) >= 11 is 0. The van der Waals surface area contributed by atoms with Gasteiger partial charge in [0.2, 0.25) is 11.4 Å². The van der Waals surface area contributed by atoms with Gasteiger partial charge in [0.05, 0.1) is 0 Å². The van der Waals surface area contributed by atoms with E-state index in [-0.39, 0.29) is 0 Å². The van der Waals surface area contributed by atoms with E-state index in [0.717, 1.165) is 35.4 Å². The van der Waals surface area contributed by atoms with Crippen LogP contribution in [-0.4, -0.2) is 4.70 Å². The third kappa shape index (κ3) is 17.8. The van der Waals surface area contributed by atoms with E-state index in [2.05, 4.69) is 62.4 Å². The Morgan fingerprint density at radius 2 is 0.755 bits per heavy atom. The first-order valence-corrected chi connectivity index (χ1v) is 21.3. The van der Waals surface area contributed by atoms with E-state index in [1.54, 1.807) is 0 Å². The smallest absolute Gasteiger partial charge is 0.207 e. The largest absolute Gasteiger partial charge is 0.493 e. The Bertz CT molecular complexity index is 1190. The summed E-state index contributed by atoms with van der Waals surface area (Å²) < 4.78 is 1.36. The summed E-state index contributed by atoms with van der Waals surface area (Å²) in [6, 6.07) is 17.5. The molecule has 2 nitrogen and oxygen atoms in total. The number of hydrogen-bond acceptors (Lipinski definition) is 0. The fraction of sp³-hybridized carbons (Fsp3) is 0.660. The molecular formula is C47H74N2. The lowest BCUT2D eigenvalue weighted by Crippen LogP contribution is -2.02. The minimum atomic E-state index is 0.854. The molecule has 0 spiro atoms. The fourth-order valence-electron chi connectivity index (χ4n) is 7.46. The molecule has 2 aromatic carbocycles. The summed E-state index contributed by atoms with van der Waals surface area (Å²) in [6.07, 6.45) is 44.5. The average Bonchev–Trinajstić information content (AvgIpc) is 3.51. The van der Waals surface area contributed by atoms with Gasteiger partial charge in [-0.3, -0.25) is 0 Å². The molecule has 272 valence electrons. The van der Waals surface area contributed by atoms with Crippen LogP contribution in [0.4, 0.5) is 0 Å². The highest BCUT2D eigenvalue weighted by Crippen LogP contribution is 2.31. The summed E-state index contributed by atoms with van der Waals surface area (Å²) in [5, 5.41) is 0. The van der Waals surface area contributed by atoms with Crippen LogP contribution in [0.2, 0.25) is 0 Å². The van der Waals surface area contributed by atoms with Gasteiger partial charge in [0.1, 0.15) is 0 Å². The fourth-order valence-corrected chi connectivity index (χ4v) is 7.46. The maximum atomic E-state index is 11.0. The quantitative estimate of drug-likeness (QED) is 0.0565. The number of rotatable bonds is 31. The van der Waals surface area contributed by atoms with E-state index in [9.17, 15) is 5.53 Å². The normalized spacial score (nSPS) is 12.9. The molecule has 2 heteroatoms. The molecule has 1 aliphatic heterocycles. The highest BCUT2D eigenvalue weighted by atomic mass is 15.2. The molecule has 0 amide bonds. The first-order chi connectivity index (χ1) is 24.2. The van der Waals surface area contributed by atoms with Gasteiger partial charge in [0.15, 0.2) is 0 Å². The molecule has 0 unspecified atom stereocenters. The molecule has 2 aromatic rings. The maximum absolute atomic E-state index is 11.0. The van der Waals surface area contributed by atoms with E-state index in [1.807, 2.05) is 12.2 Å². The zero-order valence-electron chi connectivity index (χ0n) is 32.2. The summed E-state index contributed by atoms with van der Waals surface area (Å²) in [5.74, 6) is 0. The van der Waals surface area contributed by atoms with E-state index in [1.165, 1.54) is 189 Å². The molecule has 0 aliphatic carbocycles. The summed E-state index contributed by atoms with van der Waals surface area (Å²) in [7, 11) is 0. The highest BCUT2D eigenvalue weighted by Gasteiger charge is 2.22. The molecule has 49 heavy (non-hydrogen) atoms. The van der Waals surface area contributed by atoms with Crippen molar-refractivity contribution < 1.29 is 4.70 Å². The Morgan fingerprint density at radius 1 is 0.388 bits per heavy atom. The van der Waals surface area contributed by atoms with Crippen LogP contribution >= 0.6 is 0 Å². The van der Waals surface area contributed by atoms with Gasteiger partial charge in [0, 0.05) is 23.3 Å². The van der Waals surface area contributed by atoms with E-state index in [0.29, 0.717) is 0 Å². The molecule has 0 saturated heterocycles. The monoisotopic (exact) mass is 667 g/mol. The number of unbranched alkanes of at least 4 members (excludes halogenated alkanes) is 25. The van der Waals surface area contributed by atoms with Crippen molar-refractivity contribution in [1.82, 2.24) is 0 Å². The topological polar surface area (TPSA) is 25.3 Å². The van der Waals surface area contributed by atoms with Crippen molar-refractivity contribution in [2.75, 3.05) is 0 Å². The summed E-state index contributed by atoms with van der Waals surface area (Å²) in [5.41, 5.74) is 17.6. The lowest BCUT2D eigenvalue weighted by atomic mass is 10.0. The molecule has 0 fully saturated rings. The molecule has 0 aromatic heterocycles. The van der Waals surface area contributed by atoms with Gasteiger partial charge in [-0.15, -0.1) is 0 Å². The van der Waals surface area contributed by atoms with Crippen molar-refractivity contribution in [2.45, 2.75) is 200 Å². The number of hydrogen-bond donors (Lipinski definition) is 0. The molecule has 0 bridgehead atoms. The Labute approximate surface area is 303 Å². The van der Waals surface area contributed by atoms with Crippen molar-refractivity contribution in [2.24, 2.45) is 0 Å². The van der Waals surface area contributed by atoms with Crippen LogP contribution in [0.3, 0.4) is 0 Å². The maximum Gasteiger partial charge on any atom is 0.207 e. The molecule has 3 rings (SSSR count). The molecule has 1 heterocycles. The number of benzene rings is 2. The number of nitrogens with zero attached hydrogens (tertiary/aromatic N) is 2. The zero-order valence-corrected chi connectivity index (χ0v) is 32.2. The van der Waals surface area contributed by atoms with Gasteiger partial charge in [-0.05, 0) is 61.1 Å². The predicted molar refractivity (Wildman–Crippen MR) is 216 cm³/mol. The minimum Gasteiger partial charge on any atom is -0.493 e. The third-order valence-corrected chi connectivity index (χ3v) is 10.7. The van der Waals surface area contributed by atoms with Gasteiger partial charge < -0.3 is 5.53 Å². The van der Waals surface area contributed by atoms with Crippen LogP contribution in [-0.2, 0) is 12.8 Å². The minimum absolute atomic E-state index is 0.854. The number of aryl methyl sites for hydroxylation is 2.